The lowest BCUT2D eigenvalue weighted by atomic mass is 9.93. The minimum absolute atomic E-state index is 0.498. The van der Waals surface area contributed by atoms with Crippen LogP contribution in [-0.2, 0) is 4.74 Å². The Hall–Kier alpha value is -1.94. The summed E-state index contributed by atoms with van der Waals surface area (Å²) in [6.07, 6.45) is 5.66. The van der Waals surface area contributed by atoms with E-state index in [1.807, 2.05) is 25.3 Å². The topological polar surface area (TPSA) is 61.0 Å². The predicted octanol–water partition coefficient (Wildman–Crippen LogP) is 2.93. The van der Waals surface area contributed by atoms with Gasteiger partial charge in [0, 0.05) is 42.3 Å². The van der Waals surface area contributed by atoms with E-state index in [0.717, 1.165) is 48.6 Å². The molecule has 0 radical (unpaired) electrons. The number of hydrogen-bond donors (Lipinski definition) is 1. The average molecular weight is 269 g/mol. The van der Waals surface area contributed by atoms with Gasteiger partial charge in [-0.15, -0.1) is 0 Å². The lowest BCUT2D eigenvalue weighted by molar-refractivity contribution is 0.0845. The zero-order valence-electron chi connectivity index (χ0n) is 11.7. The van der Waals surface area contributed by atoms with Crippen molar-refractivity contribution in [1.29, 1.82) is 0 Å². The molecule has 1 aliphatic rings. The first-order valence-corrected chi connectivity index (χ1v) is 7.00. The number of ether oxygens (including phenoxy) is 1. The molecule has 2 aromatic rings. The first-order chi connectivity index (χ1) is 9.74. The highest BCUT2D eigenvalue weighted by molar-refractivity contribution is 5.69. The highest BCUT2D eigenvalue weighted by Crippen LogP contribution is 2.30. The van der Waals surface area contributed by atoms with Crippen molar-refractivity contribution >= 4 is 5.69 Å². The summed E-state index contributed by atoms with van der Waals surface area (Å²) in [6.45, 7) is 3.66. The Labute approximate surface area is 119 Å². The van der Waals surface area contributed by atoms with Crippen LogP contribution in [0, 0.1) is 6.92 Å². The molecule has 104 valence electrons. The second-order valence-electron chi connectivity index (χ2n) is 5.26. The van der Waals surface area contributed by atoms with E-state index in [2.05, 4.69) is 16.0 Å². The molecule has 0 amide bonds. The van der Waals surface area contributed by atoms with Crippen LogP contribution in [0.25, 0.3) is 11.1 Å². The number of aryl methyl sites for hydroxylation is 1. The zero-order valence-corrected chi connectivity index (χ0v) is 11.7. The maximum Gasteiger partial charge on any atom is 0.0507 e. The van der Waals surface area contributed by atoms with Gasteiger partial charge in [0.25, 0.3) is 0 Å². The second kappa shape index (κ2) is 5.59. The van der Waals surface area contributed by atoms with Crippen LogP contribution in [-0.4, -0.2) is 23.2 Å². The van der Waals surface area contributed by atoms with Crippen molar-refractivity contribution in [1.82, 2.24) is 9.97 Å². The average Bonchev–Trinajstić information content (AvgIpc) is 2.51. The zero-order chi connectivity index (χ0) is 13.9. The molecule has 0 spiro atoms. The molecular weight excluding hydrogens is 250 g/mol. The van der Waals surface area contributed by atoms with E-state index in [1.165, 1.54) is 0 Å². The van der Waals surface area contributed by atoms with E-state index in [4.69, 9.17) is 10.5 Å². The first-order valence-electron chi connectivity index (χ1n) is 7.00. The molecule has 1 aliphatic heterocycles. The summed E-state index contributed by atoms with van der Waals surface area (Å²) in [5.74, 6) is 0.498. The van der Waals surface area contributed by atoms with Crippen LogP contribution in [0.3, 0.4) is 0 Å². The number of anilines is 1. The van der Waals surface area contributed by atoms with Gasteiger partial charge in [0.2, 0.25) is 0 Å². The smallest absolute Gasteiger partial charge is 0.0507 e. The molecule has 2 N–H and O–H groups in total. The molecule has 3 heterocycles. The van der Waals surface area contributed by atoms with Gasteiger partial charge in [-0.2, -0.15) is 0 Å². The fourth-order valence-corrected chi connectivity index (χ4v) is 2.67. The molecule has 0 unspecified atom stereocenters. The van der Waals surface area contributed by atoms with Crippen molar-refractivity contribution in [3.8, 4) is 11.1 Å². The number of aromatic nitrogens is 2. The van der Waals surface area contributed by atoms with Crippen molar-refractivity contribution in [3.05, 3.63) is 42.0 Å². The summed E-state index contributed by atoms with van der Waals surface area (Å²) in [4.78, 5) is 8.87. The fraction of sp³-hybridized carbons (Fsp3) is 0.375. The first kappa shape index (κ1) is 13.1. The third-order valence-electron chi connectivity index (χ3n) is 3.84. The minimum Gasteiger partial charge on any atom is -0.397 e. The van der Waals surface area contributed by atoms with Gasteiger partial charge < -0.3 is 10.5 Å². The van der Waals surface area contributed by atoms with Gasteiger partial charge in [-0.3, -0.25) is 9.97 Å². The van der Waals surface area contributed by atoms with Gasteiger partial charge in [0.15, 0.2) is 0 Å². The SMILES string of the molecule is Cc1ncc(N)cc1-c1ccnc(C2CCOCC2)c1. The highest BCUT2D eigenvalue weighted by Gasteiger charge is 2.17. The number of nitrogen functional groups attached to an aromatic ring is 1. The summed E-state index contributed by atoms with van der Waals surface area (Å²) in [5.41, 5.74) is 10.9. The fourth-order valence-electron chi connectivity index (χ4n) is 2.67. The molecule has 1 fully saturated rings. The predicted molar refractivity (Wildman–Crippen MR) is 79.4 cm³/mol. The van der Waals surface area contributed by atoms with Crippen molar-refractivity contribution in [2.75, 3.05) is 18.9 Å². The summed E-state index contributed by atoms with van der Waals surface area (Å²) in [5, 5.41) is 0. The van der Waals surface area contributed by atoms with Crippen LogP contribution in [0.1, 0.15) is 30.1 Å². The number of hydrogen-bond acceptors (Lipinski definition) is 4. The number of rotatable bonds is 2. The van der Waals surface area contributed by atoms with Gasteiger partial charge in [0.05, 0.1) is 11.9 Å². The molecule has 4 heteroatoms. The lowest BCUT2D eigenvalue weighted by Gasteiger charge is -2.22. The van der Waals surface area contributed by atoms with Gasteiger partial charge in [-0.1, -0.05) is 0 Å². The van der Waals surface area contributed by atoms with Crippen LogP contribution in [0.4, 0.5) is 5.69 Å². The summed E-state index contributed by atoms with van der Waals surface area (Å²) in [7, 11) is 0. The summed E-state index contributed by atoms with van der Waals surface area (Å²) in [6, 6.07) is 6.16. The Morgan fingerprint density at radius 3 is 2.80 bits per heavy atom. The van der Waals surface area contributed by atoms with Crippen LogP contribution in [0.5, 0.6) is 0 Å². The maximum absolute atomic E-state index is 5.85. The van der Waals surface area contributed by atoms with E-state index < -0.39 is 0 Å². The van der Waals surface area contributed by atoms with E-state index >= 15 is 0 Å². The molecule has 0 saturated carbocycles. The second-order valence-corrected chi connectivity index (χ2v) is 5.26. The third kappa shape index (κ3) is 2.65. The number of nitrogens with zero attached hydrogens (tertiary/aromatic N) is 2. The quantitative estimate of drug-likeness (QED) is 0.910. The molecule has 3 rings (SSSR count). The van der Waals surface area contributed by atoms with E-state index in [1.54, 1.807) is 6.20 Å². The van der Waals surface area contributed by atoms with Gasteiger partial charge in [-0.05, 0) is 43.5 Å². The van der Waals surface area contributed by atoms with Crippen LogP contribution >= 0.6 is 0 Å². The summed E-state index contributed by atoms with van der Waals surface area (Å²) < 4.78 is 5.42. The van der Waals surface area contributed by atoms with Crippen LogP contribution in [0.2, 0.25) is 0 Å². The molecule has 0 bridgehead atoms. The Morgan fingerprint density at radius 1 is 1.20 bits per heavy atom. The van der Waals surface area contributed by atoms with Crippen molar-refractivity contribution in [2.45, 2.75) is 25.7 Å². The van der Waals surface area contributed by atoms with Gasteiger partial charge >= 0.3 is 0 Å². The Balaban J connectivity index is 1.96. The van der Waals surface area contributed by atoms with E-state index in [0.29, 0.717) is 11.6 Å². The largest absolute Gasteiger partial charge is 0.397 e. The van der Waals surface area contributed by atoms with Gasteiger partial charge in [-0.25, -0.2) is 0 Å². The summed E-state index contributed by atoms with van der Waals surface area (Å²) >= 11 is 0. The maximum atomic E-state index is 5.85. The van der Waals surface area contributed by atoms with Crippen LogP contribution in [0.15, 0.2) is 30.6 Å². The normalized spacial score (nSPS) is 16.2. The molecule has 2 aromatic heterocycles. The van der Waals surface area contributed by atoms with E-state index in [-0.39, 0.29) is 0 Å². The molecule has 0 atom stereocenters. The van der Waals surface area contributed by atoms with Crippen molar-refractivity contribution in [3.63, 3.8) is 0 Å². The molecule has 0 aliphatic carbocycles. The Kier molecular flexibility index (Phi) is 3.65. The Morgan fingerprint density at radius 2 is 2.00 bits per heavy atom. The van der Waals surface area contributed by atoms with Crippen LogP contribution < -0.4 is 5.73 Å². The van der Waals surface area contributed by atoms with Crippen molar-refractivity contribution in [2.24, 2.45) is 0 Å². The number of nitrogens with two attached hydrogens (primary N) is 1. The standard InChI is InChI=1S/C16H19N3O/c1-11-15(9-14(17)10-19-11)13-2-5-18-16(8-13)12-3-6-20-7-4-12/h2,5,8-10,12H,3-4,6-7,17H2,1H3. The third-order valence-corrected chi connectivity index (χ3v) is 3.84. The molecule has 0 aromatic carbocycles. The van der Waals surface area contributed by atoms with E-state index in [9.17, 15) is 0 Å². The Bertz CT molecular complexity index is 606. The van der Waals surface area contributed by atoms with Crippen molar-refractivity contribution < 1.29 is 4.74 Å². The molecular formula is C16H19N3O. The monoisotopic (exact) mass is 269 g/mol. The highest BCUT2D eigenvalue weighted by atomic mass is 16.5. The molecule has 1 saturated heterocycles. The number of pyridine rings is 2. The van der Waals surface area contributed by atoms with Gasteiger partial charge in [0.1, 0.15) is 0 Å². The molecule has 4 nitrogen and oxygen atoms in total. The molecule has 20 heavy (non-hydrogen) atoms. The minimum atomic E-state index is 0.498. The lowest BCUT2D eigenvalue weighted by Crippen LogP contribution is -2.15.